The number of ether oxygens (including phenoxy) is 1. The second-order valence-corrected chi connectivity index (χ2v) is 5.76. The highest BCUT2D eigenvalue weighted by molar-refractivity contribution is 7.22. The lowest BCUT2D eigenvalue weighted by Gasteiger charge is -2.08. The summed E-state index contributed by atoms with van der Waals surface area (Å²) in [6, 6.07) is 13.7. The highest BCUT2D eigenvalue weighted by Crippen LogP contribution is 2.28. The van der Waals surface area contributed by atoms with E-state index in [2.05, 4.69) is 10.3 Å². The zero-order valence-electron chi connectivity index (χ0n) is 10.9. The van der Waals surface area contributed by atoms with Gasteiger partial charge in [-0.25, -0.2) is 4.98 Å². The Morgan fingerprint density at radius 2 is 2.10 bits per heavy atom. The van der Waals surface area contributed by atoms with E-state index >= 15 is 0 Å². The first-order valence-corrected chi connectivity index (χ1v) is 7.37. The first-order valence-electron chi connectivity index (χ1n) is 6.18. The Bertz CT molecular complexity index is 742. The number of anilines is 1. The van der Waals surface area contributed by atoms with E-state index in [4.69, 9.17) is 16.3 Å². The van der Waals surface area contributed by atoms with E-state index in [-0.39, 0.29) is 0 Å². The maximum absolute atomic E-state index is 5.97. The molecule has 2 aromatic carbocycles. The number of hydrogen-bond donors (Lipinski definition) is 1. The molecule has 0 fully saturated rings. The summed E-state index contributed by atoms with van der Waals surface area (Å²) in [6.45, 7) is 0.678. The van der Waals surface area contributed by atoms with Crippen molar-refractivity contribution >= 4 is 38.3 Å². The van der Waals surface area contributed by atoms with Gasteiger partial charge in [0.05, 0.1) is 17.3 Å². The molecule has 3 nitrogen and oxygen atoms in total. The van der Waals surface area contributed by atoms with Crippen molar-refractivity contribution in [1.82, 2.24) is 4.98 Å². The summed E-state index contributed by atoms with van der Waals surface area (Å²) in [4.78, 5) is 4.53. The van der Waals surface area contributed by atoms with Crippen molar-refractivity contribution in [1.29, 1.82) is 0 Å². The van der Waals surface area contributed by atoms with Crippen molar-refractivity contribution in [2.45, 2.75) is 6.54 Å². The predicted octanol–water partition coefficient (Wildman–Crippen LogP) is 4.57. The molecule has 0 spiro atoms. The van der Waals surface area contributed by atoms with Crippen LogP contribution in [-0.2, 0) is 6.54 Å². The van der Waals surface area contributed by atoms with Crippen molar-refractivity contribution in [2.75, 3.05) is 12.4 Å². The molecule has 1 N–H and O–H groups in total. The van der Waals surface area contributed by atoms with Crippen LogP contribution in [0.2, 0.25) is 5.02 Å². The summed E-state index contributed by atoms with van der Waals surface area (Å²) in [6.07, 6.45) is 0. The number of hydrogen-bond acceptors (Lipinski definition) is 4. The molecule has 3 aromatic rings. The van der Waals surface area contributed by atoms with Gasteiger partial charge in [0.15, 0.2) is 5.13 Å². The molecule has 0 saturated carbocycles. The topological polar surface area (TPSA) is 34.1 Å². The highest BCUT2D eigenvalue weighted by atomic mass is 35.5. The molecule has 1 aromatic heterocycles. The Morgan fingerprint density at radius 3 is 2.95 bits per heavy atom. The number of fused-ring (bicyclic) bond motifs is 1. The summed E-state index contributed by atoms with van der Waals surface area (Å²) < 4.78 is 6.46. The molecule has 0 aliphatic heterocycles. The number of nitrogens with zero attached hydrogens (tertiary/aromatic N) is 1. The molecule has 0 amide bonds. The van der Waals surface area contributed by atoms with E-state index in [0.717, 1.165) is 26.7 Å². The third-order valence-electron chi connectivity index (χ3n) is 2.97. The van der Waals surface area contributed by atoms with Crippen LogP contribution in [0, 0.1) is 0 Å². The van der Waals surface area contributed by atoms with Crippen LogP contribution in [-0.4, -0.2) is 12.1 Å². The maximum atomic E-state index is 5.97. The summed E-state index contributed by atoms with van der Waals surface area (Å²) in [5.74, 6) is 0.879. The van der Waals surface area contributed by atoms with Gasteiger partial charge in [0.25, 0.3) is 0 Å². The van der Waals surface area contributed by atoms with Crippen LogP contribution in [0.25, 0.3) is 10.2 Å². The normalized spacial score (nSPS) is 10.7. The van der Waals surface area contributed by atoms with Crippen LogP contribution in [0.5, 0.6) is 5.75 Å². The summed E-state index contributed by atoms with van der Waals surface area (Å²) in [5.41, 5.74) is 2.03. The maximum Gasteiger partial charge on any atom is 0.184 e. The smallest absolute Gasteiger partial charge is 0.184 e. The van der Waals surface area contributed by atoms with E-state index in [0.29, 0.717) is 11.6 Å². The number of thiazole rings is 1. The summed E-state index contributed by atoms with van der Waals surface area (Å²) in [7, 11) is 1.68. The van der Waals surface area contributed by atoms with Crippen molar-refractivity contribution in [2.24, 2.45) is 0 Å². The van der Waals surface area contributed by atoms with E-state index in [1.807, 2.05) is 42.5 Å². The Balaban J connectivity index is 1.79. The number of para-hydroxylation sites is 1. The van der Waals surface area contributed by atoms with Crippen molar-refractivity contribution in [3.05, 3.63) is 53.1 Å². The molecule has 3 rings (SSSR count). The Hall–Kier alpha value is -1.78. The lowest BCUT2D eigenvalue weighted by molar-refractivity contribution is 0.410. The first-order chi connectivity index (χ1) is 9.76. The van der Waals surface area contributed by atoms with Crippen molar-refractivity contribution < 1.29 is 4.74 Å². The van der Waals surface area contributed by atoms with Crippen molar-refractivity contribution in [3.8, 4) is 5.75 Å². The number of rotatable bonds is 4. The monoisotopic (exact) mass is 304 g/mol. The van der Waals surface area contributed by atoms with Gasteiger partial charge in [-0.05, 0) is 24.3 Å². The standard InChI is InChI=1S/C15H13ClN2OS/c1-19-13-5-3-2-4-10(13)9-17-15-18-12-8-11(16)6-7-14(12)20-15/h2-8H,9H2,1H3,(H,17,18). The zero-order chi connectivity index (χ0) is 13.9. The number of nitrogens with one attached hydrogen (secondary N) is 1. The van der Waals surface area contributed by atoms with E-state index in [1.165, 1.54) is 0 Å². The SMILES string of the molecule is COc1ccccc1CNc1nc2cc(Cl)ccc2s1. The average molecular weight is 305 g/mol. The molecular weight excluding hydrogens is 292 g/mol. The van der Waals surface area contributed by atoms with Gasteiger partial charge >= 0.3 is 0 Å². The minimum atomic E-state index is 0.678. The van der Waals surface area contributed by atoms with Gasteiger partial charge in [-0.1, -0.05) is 41.1 Å². The third-order valence-corrected chi connectivity index (χ3v) is 4.20. The van der Waals surface area contributed by atoms with Crippen LogP contribution in [0.1, 0.15) is 5.56 Å². The minimum absolute atomic E-state index is 0.678. The van der Waals surface area contributed by atoms with Gasteiger partial charge in [-0.2, -0.15) is 0 Å². The highest BCUT2D eigenvalue weighted by Gasteiger charge is 2.06. The van der Waals surface area contributed by atoms with Gasteiger partial charge in [0.2, 0.25) is 0 Å². The fraction of sp³-hybridized carbons (Fsp3) is 0.133. The molecule has 0 radical (unpaired) electrons. The molecule has 0 unspecified atom stereocenters. The van der Waals surface area contributed by atoms with Crippen LogP contribution in [0.4, 0.5) is 5.13 Å². The molecular formula is C15H13ClN2OS. The Kier molecular flexibility index (Phi) is 3.76. The lowest BCUT2D eigenvalue weighted by atomic mass is 10.2. The zero-order valence-corrected chi connectivity index (χ0v) is 12.5. The van der Waals surface area contributed by atoms with E-state index < -0.39 is 0 Å². The number of benzene rings is 2. The van der Waals surface area contributed by atoms with Crippen LogP contribution < -0.4 is 10.1 Å². The quantitative estimate of drug-likeness (QED) is 0.766. The number of halogens is 1. The first kappa shape index (κ1) is 13.2. The van der Waals surface area contributed by atoms with Gasteiger partial charge in [-0.15, -0.1) is 0 Å². The van der Waals surface area contributed by atoms with E-state index in [1.54, 1.807) is 18.4 Å². The summed E-state index contributed by atoms with van der Waals surface area (Å²) in [5, 5.41) is 4.92. The van der Waals surface area contributed by atoms with E-state index in [9.17, 15) is 0 Å². The number of methoxy groups -OCH3 is 1. The Morgan fingerprint density at radius 1 is 1.25 bits per heavy atom. The fourth-order valence-corrected chi connectivity index (χ4v) is 3.00. The van der Waals surface area contributed by atoms with Crippen LogP contribution in [0.15, 0.2) is 42.5 Å². The molecule has 0 bridgehead atoms. The average Bonchev–Trinajstić information content (AvgIpc) is 2.87. The van der Waals surface area contributed by atoms with Gasteiger partial charge in [-0.3, -0.25) is 0 Å². The van der Waals surface area contributed by atoms with Gasteiger partial charge in [0, 0.05) is 17.1 Å². The second kappa shape index (κ2) is 5.69. The molecule has 0 aliphatic carbocycles. The molecule has 20 heavy (non-hydrogen) atoms. The van der Waals surface area contributed by atoms with Gasteiger partial charge < -0.3 is 10.1 Å². The molecule has 0 saturated heterocycles. The van der Waals surface area contributed by atoms with Gasteiger partial charge in [0.1, 0.15) is 5.75 Å². The molecule has 1 heterocycles. The minimum Gasteiger partial charge on any atom is -0.496 e. The molecule has 0 atom stereocenters. The van der Waals surface area contributed by atoms with Crippen LogP contribution in [0.3, 0.4) is 0 Å². The summed E-state index contributed by atoms with van der Waals surface area (Å²) >= 11 is 7.59. The molecule has 5 heteroatoms. The Labute approximate surface area is 126 Å². The largest absolute Gasteiger partial charge is 0.496 e. The lowest BCUT2D eigenvalue weighted by Crippen LogP contribution is -2.00. The predicted molar refractivity (Wildman–Crippen MR) is 85.0 cm³/mol. The fourth-order valence-electron chi connectivity index (χ4n) is 2.00. The molecule has 0 aliphatic rings. The van der Waals surface area contributed by atoms with Crippen molar-refractivity contribution in [3.63, 3.8) is 0 Å². The third kappa shape index (κ3) is 2.71. The number of aromatic nitrogens is 1. The second-order valence-electron chi connectivity index (χ2n) is 4.30. The molecule has 102 valence electrons. The van der Waals surface area contributed by atoms with Crippen LogP contribution >= 0.6 is 22.9 Å².